The summed E-state index contributed by atoms with van der Waals surface area (Å²) in [7, 11) is 0. The summed E-state index contributed by atoms with van der Waals surface area (Å²) in [5, 5.41) is 10.8. The molecule has 2 heterocycles. The van der Waals surface area contributed by atoms with Gasteiger partial charge in [-0.3, -0.25) is 4.79 Å². The van der Waals surface area contributed by atoms with Gasteiger partial charge in [0.1, 0.15) is 5.82 Å². The third kappa shape index (κ3) is 5.72. The number of nitrogens with zero attached hydrogens (tertiary/aromatic N) is 5. The van der Waals surface area contributed by atoms with Crippen molar-refractivity contribution in [2.45, 2.75) is 43.4 Å². The van der Waals surface area contributed by atoms with Gasteiger partial charge in [0, 0.05) is 23.5 Å². The van der Waals surface area contributed by atoms with E-state index < -0.39 is 0 Å². The number of benzene rings is 1. The molecule has 0 saturated heterocycles. The Morgan fingerprint density at radius 2 is 1.76 bits per heavy atom. The van der Waals surface area contributed by atoms with E-state index in [2.05, 4.69) is 20.2 Å². The quantitative estimate of drug-likeness (QED) is 0.253. The fraction of sp³-hybridized carbons (Fsp3) is 0.316. The van der Waals surface area contributed by atoms with Crippen molar-refractivity contribution in [3.05, 3.63) is 57.1 Å². The molecule has 6 nitrogen and oxygen atoms in total. The van der Waals surface area contributed by atoms with E-state index >= 15 is 0 Å². The lowest BCUT2D eigenvalue weighted by molar-refractivity contribution is 0.102. The van der Waals surface area contributed by atoms with Gasteiger partial charge in [-0.05, 0) is 45.0 Å². The predicted octanol–water partition coefficient (Wildman–Crippen LogP) is 5.28. The molecule has 0 atom stereocenters. The van der Waals surface area contributed by atoms with Crippen LogP contribution in [0.5, 0.6) is 0 Å². The molecule has 0 N–H and O–H groups in total. The SMILES string of the molecule is CCn1c(CSc2nc(C)cc(C)n2)nnc1SCC(=O)c1ccc(Cl)c(Cl)c1. The number of rotatable bonds is 8. The third-order valence-electron chi connectivity index (χ3n) is 3.98. The minimum absolute atomic E-state index is 0.0428. The molecule has 0 fully saturated rings. The van der Waals surface area contributed by atoms with Gasteiger partial charge in [0.25, 0.3) is 0 Å². The zero-order valence-electron chi connectivity index (χ0n) is 16.1. The summed E-state index contributed by atoms with van der Waals surface area (Å²) in [4.78, 5) is 21.3. The van der Waals surface area contributed by atoms with Crippen LogP contribution in [-0.4, -0.2) is 36.3 Å². The summed E-state index contributed by atoms with van der Waals surface area (Å²) in [6.45, 7) is 6.63. The number of halogens is 2. The van der Waals surface area contributed by atoms with Gasteiger partial charge in [-0.15, -0.1) is 10.2 Å². The lowest BCUT2D eigenvalue weighted by Crippen LogP contribution is -2.06. The van der Waals surface area contributed by atoms with E-state index in [1.807, 2.05) is 31.4 Å². The highest BCUT2D eigenvalue weighted by molar-refractivity contribution is 7.99. The molecule has 10 heteroatoms. The first-order valence-corrected chi connectivity index (χ1v) is 11.6. The maximum Gasteiger partial charge on any atom is 0.191 e. The molecular formula is C19H19Cl2N5OS2. The van der Waals surface area contributed by atoms with E-state index in [1.165, 1.54) is 23.5 Å². The van der Waals surface area contributed by atoms with E-state index in [1.54, 1.807) is 18.2 Å². The van der Waals surface area contributed by atoms with Crippen LogP contribution in [0.2, 0.25) is 10.0 Å². The smallest absolute Gasteiger partial charge is 0.191 e. The molecule has 29 heavy (non-hydrogen) atoms. The fourth-order valence-electron chi connectivity index (χ4n) is 2.62. The molecule has 0 aliphatic heterocycles. The molecule has 0 aliphatic carbocycles. The third-order valence-corrected chi connectivity index (χ3v) is 6.52. The standard InChI is InChI=1S/C19H19Cl2N5OS2/c1-4-26-17(10-28-18-22-11(2)7-12(3)23-18)24-25-19(26)29-9-16(27)13-5-6-14(20)15(21)8-13/h5-8H,4,9-10H2,1-3H3. The maximum absolute atomic E-state index is 12.5. The van der Waals surface area contributed by atoms with Gasteiger partial charge >= 0.3 is 0 Å². The minimum Gasteiger partial charge on any atom is -0.306 e. The molecule has 0 aliphatic rings. The second kappa shape index (κ2) is 9.93. The van der Waals surface area contributed by atoms with Crippen LogP contribution in [-0.2, 0) is 12.3 Å². The summed E-state index contributed by atoms with van der Waals surface area (Å²) >= 11 is 14.8. The van der Waals surface area contributed by atoms with E-state index in [0.29, 0.717) is 33.1 Å². The summed E-state index contributed by atoms with van der Waals surface area (Å²) in [6, 6.07) is 6.83. The van der Waals surface area contributed by atoms with Crippen molar-refractivity contribution in [2.75, 3.05) is 5.75 Å². The molecular weight excluding hydrogens is 449 g/mol. The summed E-state index contributed by atoms with van der Waals surface area (Å²) in [6.07, 6.45) is 0. The van der Waals surface area contributed by atoms with Gasteiger partial charge in [-0.25, -0.2) is 9.97 Å². The highest BCUT2D eigenvalue weighted by Gasteiger charge is 2.15. The molecule has 2 aromatic heterocycles. The number of thioether (sulfide) groups is 2. The van der Waals surface area contributed by atoms with Crippen LogP contribution in [0.25, 0.3) is 0 Å². The average Bonchev–Trinajstić information content (AvgIpc) is 3.07. The Morgan fingerprint density at radius 3 is 2.41 bits per heavy atom. The molecule has 152 valence electrons. The molecule has 0 spiro atoms. The van der Waals surface area contributed by atoms with Gasteiger partial charge < -0.3 is 4.57 Å². The highest BCUT2D eigenvalue weighted by atomic mass is 35.5. The number of hydrogen-bond acceptors (Lipinski definition) is 7. The van der Waals surface area contributed by atoms with Gasteiger partial charge in [-0.1, -0.05) is 46.7 Å². The first-order chi connectivity index (χ1) is 13.9. The van der Waals surface area contributed by atoms with E-state index in [9.17, 15) is 4.79 Å². The lowest BCUT2D eigenvalue weighted by Gasteiger charge is -2.07. The summed E-state index contributed by atoms with van der Waals surface area (Å²) in [5.74, 6) is 1.62. The van der Waals surface area contributed by atoms with Crippen molar-refractivity contribution in [3.8, 4) is 0 Å². The Balaban J connectivity index is 1.65. The Hall–Kier alpha value is -1.61. The van der Waals surface area contributed by atoms with Crippen LogP contribution in [0, 0.1) is 13.8 Å². The number of aromatic nitrogens is 5. The molecule has 3 rings (SSSR count). The Bertz CT molecular complexity index is 1020. The van der Waals surface area contributed by atoms with Crippen LogP contribution >= 0.6 is 46.7 Å². The number of aryl methyl sites for hydroxylation is 2. The van der Waals surface area contributed by atoms with Gasteiger partial charge in [-0.2, -0.15) is 0 Å². The number of carbonyl (C=O) groups is 1. The molecule has 0 amide bonds. The Kier molecular flexibility index (Phi) is 7.56. The van der Waals surface area contributed by atoms with Crippen molar-refractivity contribution in [3.63, 3.8) is 0 Å². The summed E-state index contributed by atoms with van der Waals surface area (Å²) < 4.78 is 2.00. The fourth-order valence-corrected chi connectivity index (χ4v) is 4.72. The Labute approximate surface area is 187 Å². The number of Topliss-reactive ketones (excluding diaryl/α,β-unsaturated/α-hetero) is 1. The Morgan fingerprint density at radius 1 is 1.03 bits per heavy atom. The van der Waals surface area contributed by atoms with Crippen molar-refractivity contribution < 1.29 is 4.79 Å². The van der Waals surface area contributed by atoms with Gasteiger partial charge in [0.05, 0.1) is 21.6 Å². The zero-order chi connectivity index (χ0) is 21.0. The van der Waals surface area contributed by atoms with Crippen molar-refractivity contribution in [1.82, 2.24) is 24.7 Å². The molecule has 0 saturated carbocycles. The van der Waals surface area contributed by atoms with Crippen LogP contribution in [0.15, 0.2) is 34.6 Å². The van der Waals surface area contributed by atoms with Crippen molar-refractivity contribution in [1.29, 1.82) is 0 Å². The average molecular weight is 468 g/mol. The number of ketones is 1. The number of carbonyl (C=O) groups excluding carboxylic acids is 1. The van der Waals surface area contributed by atoms with Gasteiger partial charge in [0.2, 0.25) is 0 Å². The molecule has 0 bridgehead atoms. The van der Waals surface area contributed by atoms with Gasteiger partial charge in [0.15, 0.2) is 16.1 Å². The topological polar surface area (TPSA) is 73.6 Å². The monoisotopic (exact) mass is 467 g/mol. The lowest BCUT2D eigenvalue weighted by atomic mass is 10.1. The second-order valence-corrected chi connectivity index (χ2v) is 8.91. The molecule has 1 aromatic carbocycles. The van der Waals surface area contributed by atoms with E-state index in [4.69, 9.17) is 23.2 Å². The van der Waals surface area contributed by atoms with Crippen LogP contribution in [0.4, 0.5) is 0 Å². The normalized spacial score (nSPS) is 11.1. The maximum atomic E-state index is 12.5. The molecule has 0 radical (unpaired) electrons. The molecule has 3 aromatic rings. The molecule has 0 unspecified atom stereocenters. The van der Waals surface area contributed by atoms with Crippen LogP contribution < -0.4 is 0 Å². The minimum atomic E-state index is -0.0428. The van der Waals surface area contributed by atoms with Crippen LogP contribution in [0.3, 0.4) is 0 Å². The van der Waals surface area contributed by atoms with E-state index in [0.717, 1.165) is 22.4 Å². The second-order valence-electron chi connectivity index (χ2n) is 6.21. The predicted molar refractivity (Wildman–Crippen MR) is 118 cm³/mol. The van der Waals surface area contributed by atoms with Crippen molar-refractivity contribution >= 4 is 52.5 Å². The highest BCUT2D eigenvalue weighted by Crippen LogP contribution is 2.26. The first-order valence-electron chi connectivity index (χ1n) is 8.85. The van der Waals surface area contributed by atoms with Crippen molar-refractivity contribution in [2.24, 2.45) is 0 Å². The summed E-state index contributed by atoms with van der Waals surface area (Å²) in [5.41, 5.74) is 2.40. The zero-order valence-corrected chi connectivity index (χ0v) is 19.3. The van der Waals surface area contributed by atoms with Crippen LogP contribution in [0.1, 0.15) is 34.5 Å². The van der Waals surface area contributed by atoms with E-state index in [-0.39, 0.29) is 11.5 Å². The first kappa shape index (κ1) is 22.1. The number of hydrogen-bond donors (Lipinski definition) is 0. The largest absolute Gasteiger partial charge is 0.306 e.